The Balaban J connectivity index is 1.49. The lowest BCUT2D eigenvalue weighted by Crippen LogP contribution is -2.38. The Hall–Kier alpha value is -2.40. The lowest BCUT2D eigenvalue weighted by Gasteiger charge is -2.25. The maximum Gasteiger partial charge on any atom is 0.220 e. The van der Waals surface area contributed by atoms with E-state index >= 15 is 0 Å². The molecule has 2 aliphatic heterocycles. The Kier molecular flexibility index (Phi) is 4.87. The molecule has 0 radical (unpaired) electrons. The molecule has 3 heterocycles. The van der Waals surface area contributed by atoms with Gasteiger partial charge in [0.2, 0.25) is 5.91 Å². The van der Waals surface area contributed by atoms with E-state index in [-0.39, 0.29) is 17.6 Å². The summed E-state index contributed by atoms with van der Waals surface area (Å²) in [6.07, 6.45) is 4.31. The van der Waals surface area contributed by atoms with Crippen LogP contribution >= 0.6 is 0 Å². The number of rotatable bonds is 6. The van der Waals surface area contributed by atoms with Crippen LogP contribution in [0.5, 0.6) is 5.75 Å². The average molecular weight is 365 g/mol. The van der Waals surface area contributed by atoms with Gasteiger partial charge in [0.05, 0.1) is 5.69 Å². The van der Waals surface area contributed by atoms with E-state index in [0.29, 0.717) is 6.42 Å². The third-order valence-electron chi connectivity index (χ3n) is 5.21. The van der Waals surface area contributed by atoms with Crippen molar-refractivity contribution in [3.63, 3.8) is 0 Å². The number of carbonyl (C=O) groups is 1. The second-order valence-electron chi connectivity index (χ2n) is 8.27. The molecular formula is C22H27N3O2. The number of nitrogens with zero attached hydrogens (tertiary/aromatic N) is 2. The molecule has 0 unspecified atom stereocenters. The van der Waals surface area contributed by atoms with Gasteiger partial charge in [-0.2, -0.15) is 0 Å². The maximum absolute atomic E-state index is 11.6. The molecule has 142 valence electrons. The minimum atomic E-state index is -0.122. The van der Waals surface area contributed by atoms with Gasteiger partial charge in [0, 0.05) is 44.7 Å². The highest BCUT2D eigenvalue weighted by atomic mass is 16.5. The highest BCUT2D eigenvalue weighted by Crippen LogP contribution is 2.35. The molecule has 0 aliphatic carbocycles. The van der Waals surface area contributed by atoms with Gasteiger partial charge in [-0.15, -0.1) is 0 Å². The van der Waals surface area contributed by atoms with Crippen LogP contribution in [-0.2, 0) is 24.3 Å². The molecule has 5 heteroatoms. The number of benzene rings is 1. The van der Waals surface area contributed by atoms with Crippen molar-refractivity contribution in [2.75, 3.05) is 6.54 Å². The minimum absolute atomic E-state index is 0.122. The molecule has 2 aromatic rings. The van der Waals surface area contributed by atoms with E-state index < -0.39 is 0 Å². The fraction of sp³-hybridized carbons (Fsp3) is 0.455. The smallest absolute Gasteiger partial charge is 0.220 e. The van der Waals surface area contributed by atoms with E-state index in [1.165, 1.54) is 11.1 Å². The van der Waals surface area contributed by atoms with Gasteiger partial charge in [-0.25, -0.2) is 0 Å². The number of aromatic nitrogens is 1. The van der Waals surface area contributed by atoms with Crippen molar-refractivity contribution in [2.24, 2.45) is 0 Å². The summed E-state index contributed by atoms with van der Waals surface area (Å²) in [5, 5.41) is 3.09. The average Bonchev–Trinajstić information content (AvgIpc) is 3.16. The van der Waals surface area contributed by atoms with Crippen LogP contribution in [-0.4, -0.2) is 34.0 Å². The predicted molar refractivity (Wildman–Crippen MR) is 104 cm³/mol. The summed E-state index contributed by atoms with van der Waals surface area (Å²) in [6.45, 7) is 6.69. The molecular weight excluding hydrogens is 338 g/mol. The fourth-order valence-corrected chi connectivity index (χ4v) is 4.05. The van der Waals surface area contributed by atoms with Crippen LogP contribution in [0.3, 0.4) is 0 Å². The van der Waals surface area contributed by atoms with Gasteiger partial charge in [-0.1, -0.05) is 18.2 Å². The van der Waals surface area contributed by atoms with Gasteiger partial charge in [-0.05, 0) is 49.6 Å². The van der Waals surface area contributed by atoms with E-state index in [1.807, 2.05) is 18.3 Å². The number of nitrogens with one attached hydrogen (secondary N) is 1. The van der Waals surface area contributed by atoms with Gasteiger partial charge in [0.25, 0.3) is 0 Å². The molecule has 27 heavy (non-hydrogen) atoms. The summed E-state index contributed by atoms with van der Waals surface area (Å²) in [6, 6.07) is 12.7. The molecule has 1 N–H and O–H groups in total. The summed E-state index contributed by atoms with van der Waals surface area (Å²) in [7, 11) is 0. The number of carbonyl (C=O) groups excluding carboxylic acids is 1. The molecule has 0 spiro atoms. The molecule has 1 fully saturated rings. The summed E-state index contributed by atoms with van der Waals surface area (Å²) in [4.78, 5) is 18.4. The van der Waals surface area contributed by atoms with Crippen LogP contribution in [0.15, 0.2) is 42.6 Å². The zero-order valence-electron chi connectivity index (χ0n) is 16.1. The number of ether oxygens (including phenoxy) is 1. The molecule has 2 aliphatic rings. The Morgan fingerprint density at radius 3 is 2.89 bits per heavy atom. The molecule has 0 saturated carbocycles. The van der Waals surface area contributed by atoms with Crippen LogP contribution in [0.25, 0.3) is 0 Å². The lowest BCUT2D eigenvalue weighted by atomic mass is 10.00. The van der Waals surface area contributed by atoms with Crippen molar-refractivity contribution >= 4 is 5.91 Å². The Labute approximate surface area is 160 Å². The molecule has 5 nitrogen and oxygen atoms in total. The Morgan fingerprint density at radius 2 is 2.15 bits per heavy atom. The molecule has 1 amide bonds. The number of hydrogen-bond donors (Lipinski definition) is 1. The summed E-state index contributed by atoms with van der Waals surface area (Å²) >= 11 is 0. The summed E-state index contributed by atoms with van der Waals surface area (Å²) < 4.78 is 6.00. The first-order valence-corrected chi connectivity index (χ1v) is 9.69. The zero-order valence-corrected chi connectivity index (χ0v) is 16.1. The monoisotopic (exact) mass is 365 g/mol. The van der Waals surface area contributed by atoms with Gasteiger partial charge in [0.15, 0.2) is 0 Å². The Bertz CT molecular complexity index is 820. The topological polar surface area (TPSA) is 54.5 Å². The highest BCUT2D eigenvalue weighted by molar-refractivity contribution is 5.78. The van der Waals surface area contributed by atoms with Crippen LogP contribution in [0.2, 0.25) is 0 Å². The van der Waals surface area contributed by atoms with Crippen molar-refractivity contribution in [3.8, 4) is 5.75 Å². The summed E-state index contributed by atoms with van der Waals surface area (Å²) in [5.74, 6) is 1.16. The first-order valence-electron chi connectivity index (χ1n) is 9.69. The van der Waals surface area contributed by atoms with Crippen molar-refractivity contribution in [1.82, 2.24) is 15.2 Å². The molecule has 1 saturated heterocycles. The normalized spacial score (nSPS) is 20.4. The van der Waals surface area contributed by atoms with E-state index in [0.717, 1.165) is 43.9 Å². The zero-order chi connectivity index (χ0) is 18.9. The van der Waals surface area contributed by atoms with Gasteiger partial charge < -0.3 is 10.1 Å². The first-order chi connectivity index (χ1) is 13.0. The number of fused-ring (bicyclic) bond motifs is 1. The van der Waals surface area contributed by atoms with Crippen molar-refractivity contribution in [2.45, 2.75) is 57.8 Å². The maximum atomic E-state index is 11.6. The van der Waals surface area contributed by atoms with E-state index in [9.17, 15) is 4.79 Å². The first kappa shape index (κ1) is 18.0. The lowest BCUT2D eigenvalue weighted by molar-refractivity contribution is -0.119. The fourth-order valence-electron chi connectivity index (χ4n) is 4.05. The van der Waals surface area contributed by atoms with Crippen LogP contribution < -0.4 is 10.1 Å². The van der Waals surface area contributed by atoms with Gasteiger partial charge in [0.1, 0.15) is 11.4 Å². The van der Waals surface area contributed by atoms with E-state index in [4.69, 9.17) is 4.74 Å². The molecule has 1 atom stereocenters. The van der Waals surface area contributed by atoms with Crippen molar-refractivity contribution < 1.29 is 9.53 Å². The highest BCUT2D eigenvalue weighted by Gasteiger charge is 2.30. The molecule has 0 bridgehead atoms. The molecule has 1 aromatic heterocycles. The number of hydrogen-bond acceptors (Lipinski definition) is 4. The molecule has 1 aromatic carbocycles. The van der Waals surface area contributed by atoms with Gasteiger partial charge >= 0.3 is 0 Å². The largest absolute Gasteiger partial charge is 0.487 e. The second-order valence-corrected chi connectivity index (χ2v) is 8.27. The SMILES string of the molecule is CC1(C)Cc2cc(CN(Cc3ccccn3)C[C@@H]3CCC(=O)N3)ccc2O1. The third kappa shape index (κ3) is 4.48. The minimum Gasteiger partial charge on any atom is -0.487 e. The van der Waals surface area contributed by atoms with E-state index in [1.54, 1.807) is 0 Å². The number of pyridine rings is 1. The Morgan fingerprint density at radius 1 is 1.26 bits per heavy atom. The second kappa shape index (κ2) is 7.31. The number of amides is 1. The standard InChI is InChI=1S/C22H27N3O2/c1-22(2)12-17-11-16(6-8-20(17)27-22)13-25(14-18-5-3-4-10-23-18)15-19-7-9-21(26)24-19/h3-6,8,10-11,19H,7,9,12-15H2,1-2H3,(H,24,26)/t19-/m0/s1. The van der Waals surface area contributed by atoms with Gasteiger partial charge in [-0.3, -0.25) is 14.7 Å². The third-order valence-corrected chi connectivity index (χ3v) is 5.21. The van der Waals surface area contributed by atoms with Crippen molar-refractivity contribution in [1.29, 1.82) is 0 Å². The van der Waals surface area contributed by atoms with Crippen molar-refractivity contribution in [3.05, 3.63) is 59.4 Å². The van der Waals surface area contributed by atoms with Crippen LogP contribution in [0, 0.1) is 0 Å². The molecule has 4 rings (SSSR count). The predicted octanol–water partition coefficient (Wildman–Crippen LogP) is 3.08. The van der Waals surface area contributed by atoms with Crippen LogP contribution in [0.4, 0.5) is 0 Å². The van der Waals surface area contributed by atoms with Crippen LogP contribution in [0.1, 0.15) is 43.5 Å². The quantitative estimate of drug-likeness (QED) is 0.855. The van der Waals surface area contributed by atoms with E-state index in [2.05, 4.69) is 53.3 Å². The summed E-state index contributed by atoms with van der Waals surface area (Å²) in [5.41, 5.74) is 3.48.